The van der Waals surface area contributed by atoms with Crippen LogP contribution < -0.4 is 23.5 Å². The highest BCUT2D eigenvalue weighted by Crippen LogP contribution is 2.37. The maximum Gasteiger partial charge on any atom is 0.193 e. The van der Waals surface area contributed by atoms with Gasteiger partial charge in [-0.05, 0) is 55.1 Å². The molecule has 0 saturated heterocycles. The minimum atomic E-state index is 0.691. The van der Waals surface area contributed by atoms with Crippen molar-refractivity contribution in [1.82, 2.24) is 4.57 Å². The SMILES string of the molecule is COc1cc(Cc2c3cc(OC)c(OC)cc3cc[n+]2C)c(-n2c(C)ccc2C)cc1OC. The van der Waals surface area contributed by atoms with Crippen LogP contribution in [0.25, 0.3) is 16.5 Å². The van der Waals surface area contributed by atoms with Gasteiger partial charge in [0, 0.05) is 23.5 Å². The highest BCUT2D eigenvalue weighted by Gasteiger charge is 2.21. The molecule has 2 aromatic carbocycles. The fraction of sp³-hybridized carbons (Fsp3) is 0.296. The molecule has 172 valence electrons. The van der Waals surface area contributed by atoms with Crippen LogP contribution >= 0.6 is 0 Å². The maximum atomic E-state index is 5.65. The molecule has 0 atom stereocenters. The van der Waals surface area contributed by atoms with Crippen LogP contribution in [0.1, 0.15) is 22.6 Å². The molecule has 0 aliphatic rings. The third-order valence-electron chi connectivity index (χ3n) is 6.22. The molecule has 0 amide bonds. The zero-order valence-corrected chi connectivity index (χ0v) is 20.4. The van der Waals surface area contributed by atoms with E-state index in [0.717, 1.165) is 44.9 Å². The maximum absolute atomic E-state index is 5.65. The second kappa shape index (κ2) is 9.06. The summed E-state index contributed by atoms with van der Waals surface area (Å²) >= 11 is 0. The van der Waals surface area contributed by atoms with Crippen molar-refractivity contribution in [2.45, 2.75) is 20.3 Å². The van der Waals surface area contributed by atoms with Gasteiger partial charge in [-0.25, -0.2) is 4.57 Å². The van der Waals surface area contributed by atoms with Crippen LogP contribution in [0.15, 0.2) is 48.7 Å². The molecule has 0 N–H and O–H groups in total. The number of benzene rings is 2. The van der Waals surface area contributed by atoms with E-state index in [-0.39, 0.29) is 0 Å². The smallest absolute Gasteiger partial charge is 0.193 e. The Hall–Kier alpha value is -3.67. The summed E-state index contributed by atoms with van der Waals surface area (Å²) in [5.74, 6) is 2.84. The van der Waals surface area contributed by atoms with Gasteiger partial charge in [0.05, 0.1) is 45.9 Å². The Kier molecular flexibility index (Phi) is 6.18. The van der Waals surface area contributed by atoms with Crippen LogP contribution in [-0.4, -0.2) is 33.0 Å². The summed E-state index contributed by atoms with van der Waals surface area (Å²) < 4.78 is 26.8. The summed E-state index contributed by atoms with van der Waals surface area (Å²) in [6.07, 6.45) is 2.77. The van der Waals surface area contributed by atoms with Crippen molar-refractivity contribution in [2.75, 3.05) is 28.4 Å². The Balaban J connectivity index is 1.96. The Labute approximate surface area is 194 Å². The van der Waals surface area contributed by atoms with Crippen LogP contribution in [0.4, 0.5) is 0 Å². The van der Waals surface area contributed by atoms with Crippen molar-refractivity contribution in [3.05, 3.63) is 71.3 Å². The third-order valence-corrected chi connectivity index (χ3v) is 6.22. The van der Waals surface area contributed by atoms with Crippen molar-refractivity contribution < 1.29 is 23.5 Å². The first-order chi connectivity index (χ1) is 15.9. The van der Waals surface area contributed by atoms with Gasteiger partial charge in [0.1, 0.15) is 7.05 Å². The molecule has 33 heavy (non-hydrogen) atoms. The van der Waals surface area contributed by atoms with E-state index in [4.69, 9.17) is 18.9 Å². The lowest BCUT2D eigenvalue weighted by Crippen LogP contribution is -2.33. The standard InChI is InChI=1S/C27H31N2O4/c1-17-8-9-18(2)29(17)22-16-27(33-7)25(31-5)14-20(22)12-23-21-15-26(32-6)24(30-4)13-19(21)10-11-28(23)3/h8-11,13-16H,12H2,1-7H3/q+1. The molecule has 0 fully saturated rings. The molecule has 0 bridgehead atoms. The summed E-state index contributed by atoms with van der Waals surface area (Å²) in [6.45, 7) is 4.23. The van der Waals surface area contributed by atoms with Crippen molar-refractivity contribution in [2.24, 2.45) is 7.05 Å². The van der Waals surface area contributed by atoms with Crippen molar-refractivity contribution in [3.8, 4) is 28.7 Å². The van der Waals surface area contributed by atoms with Crippen LogP contribution in [-0.2, 0) is 13.5 Å². The van der Waals surface area contributed by atoms with Gasteiger partial charge < -0.3 is 23.5 Å². The number of aromatic nitrogens is 2. The number of hydrogen-bond donors (Lipinski definition) is 0. The summed E-state index contributed by atoms with van der Waals surface area (Å²) in [7, 11) is 8.73. The predicted octanol–water partition coefficient (Wildman–Crippen LogP) is 4.70. The van der Waals surface area contributed by atoms with Gasteiger partial charge in [0.2, 0.25) is 0 Å². The molecule has 0 radical (unpaired) electrons. The monoisotopic (exact) mass is 447 g/mol. The lowest BCUT2D eigenvalue weighted by atomic mass is 10.00. The van der Waals surface area contributed by atoms with Gasteiger partial charge in [0.25, 0.3) is 0 Å². The van der Waals surface area contributed by atoms with Crippen LogP contribution in [0.3, 0.4) is 0 Å². The van der Waals surface area contributed by atoms with E-state index < -0.39 is 0 Å². The number of hydrogen-bond acceptors (Lipinski definition) is 4. The van der Waals surface area contributed by atoms with Crippen molar-refractivity contribution in [3.63, 3.8) is 0 Å². The number of ether oxygens (including phenoxy) is 4. The molecule has 6 heteroatoms. The van der Waals surface area contributed by atoms with Gasteiger partial charge in [-0.2, -0.15) is 0 Å². The first-order valence-corrected chi connectivity index (χ1v) is 10.8. The highest BCUT2D eigenvalue weighted by molar-refractivity contribution is 5.87. The van der Waals surface area contributed by atoms with Gasteiger partial charge >= 0.3 is 0 Å². The second-order valence-electron chi connectivity index (χ2n) is 8.13. The quantitative estimate of drug-likeness (QED) is 0.386. The highest BCUT2D eigenvalue weighted by atomic mass is 16.5. The fourth-order valence-electron chi connectivity index (χ4n) is 4.46. The van der Waals surface area contributed by atoms with E-state index in [9.17, 15) is 0 Å². The van der Waals surface area contributed by atoms with Gasteiger partial charge in [-0.1, -0.05) is 0 Å². The van der Waals surface area contributed by atoms with Gasteiger partial charge in [-0.15, -0.1) is 0 Å². The molecule has 0 aliphatic carbocycles. The molecule has 2 aromatic heterocycles. The van der Waals surface area contributed by atoms with Gasteiger partial charge in [-0.3, -0.25) is 0 Å². The molecule has 2 heterocycles. The normalized spacial score (nSPS) is 11.0. The van der Waals surface area contributed by atoms with E-state index in [1.54, 1.807) is 28.4 Å². The molecule has 4 rings (SSSR count). The van der Waals surface area contributed by atoms with E-state index in [1.807, 2.05) is 6.07 Å². The minimum Gasteiger partial charge on any atom is -0.493 e. The number of aryl methyl sites for hydroxylation is 3. The molecule has 0 aliphatic heterocycles. The predicted molar refractivity (Wildman–Crippen MR) is 129 cm³/mol. The average Bonchev–Trinajstić information content (AvgIpc) is 3.17. The van der Waals surface area contributed by atoms with Crippen LogP contribution in [0.5, 0.6) is 23.0 Å². The van der Waals surface area contributed by atoms with E-state index >= 15 is 0 Å². The topological polar surface area (TPSA) is 45.7 Å². The first kappa shape index (κ1) is 22.5. The summed E-state index contributed by atoms with van der Waals surface area (Å²) in [5.41, 5.74) is 5.69. The largest absolute Gasteiger partial charge is 0.493 e. The molecule has 6 nitrogen and oxygen atoms in total. The van der Waals surface area contributed by atoms with E-state index in [2.05, 4.69) is 72.6 Å². The Morgan fingerprint density at radius 3 is 1.88 bits per heavy atom. The average molecular weight is 448 g/mol. The minimum absolute atomic E-state index is 0.691. The van der Waals surface area contributed by atoms with Gasteiger partial charge in [0.15, 0.2) is 34.9 Å². The van der Waals surface area contributed by atoms with Crippen LogP contribution in [0, 0.1) is 13.8 Å². The Bertz CT molecular complexity index is 1300. The number of rotatable bonds is 7. The zero-order chi connectivity index (χ0) is 23.7. The van der Waals surface area contributed by atoms with Crippen molar-refractivity contribution >= 4 is 10.8 Å². The molecule has 0 unspecified atom stereocenters. The Morgan fingerprint density at radius 2 is 1.27 bits per heavy atom. The summed E-state index contributed by atoms with van der Waals surface area (Å²) in [6, 6.07) is 14.6. The third kappa shape index (κ3) is 3.97. The Morgan fingerprint density at radius 1 is 0.727 bits per heavy atom. The number of methoxy groups -OCH3 is 4. The summed E-state index contributed by atoms with van der Waals surface area (Å²) in [5, 5.41) is 2.20. The number of fused-ring (bicyclic) bond motifs is 1. The number of pyridine rings is 1. The molecular weight excluding hydrogens is 416 g/mol. The fourth-order valence-corrected chi connectivity index (χ4v) is 4.46. The van der Waals surface area contributed by atoms with E-state index in [1.165, 1.54) is 0 Å². The molecular formula is C27H31N2O4+. The lowest BCUT2D eigenvalue weighted by molar-refractivity contribution is -0.677. The first-order valence-electron chi connectivity index (χ1n) is 10.8. The molecule has 4 aromatic rings. The van der Waals surface area contributed by atoms with Crippen LogP contribution in [0.2, 0.25) is 0 Å². The van der Waals surface area contributed by atoms with E-state index in [0.29, 0.717) is 23.7 Å². The van der Waals surface area contributed by atoms with Crippen molar-refractivity contribution in [1.29, 1.82) is 0 Å². The molecule has 0 spiro atoms. The lowest BCUT2D eigenvalue weighted by Gasteiger charge is -2.18. The summed E-state index contributed by atoms with van der Waals surface area (Å²) in [4.78, 5) is 0. The number of nitrogens with zero attached hydrogens (tertiary/aromatic N) is 2. The second-order valence-corrected chi connectivity index (χ2v) is 8.13. The molecule has 0 saturated carbocycles. The zero-order valence-electron chi connectivity index (χ0n) is 20.4.